The highest BCUT2D eigenvalue weighted by Gasteiger charge is 2.31. The normalized spacial score (nSPS) is 10.7. The van der Waals surface area contributed by atoms with Gasteiger partial charge in [0.05, 0.1) is 30.8 Å². The number of hydrogen-bond donors (Lipinski definition) is 4. The predicted octanol–water partition coefficient (Wildman–Crippen LogP) is 5.43. The highest BCUT2D eigenvalue weighted by atomic mass is 35.5. The minimum absolute atomic E-state index is 0.114. The third kappa shape index (κ3) is 10.3. The minimum atomic E-state index is -4.23. The molecule has 4 aromatic carbocycles. The first kappa shape index (κ1) is 40.9. The van der Waals surface area contributed by atoms with Crippen molar-refractivity contribution in [3.63, 3.8) is 0 Å². The Morgan fingerprint density at radius 2 is 1.13 bits per heavy atom. The van der Waals surface area contributed by atoms with Crippen molar-refractivity contribution in [3.05, 3.63) is 125 Å². The van der Waals surface area contributed by atoms with Gasteiger partial charge < -0.3 is 22.9 Å². The molecular weight excluding hydrogens is 759 g/mol. The SMILES string of the molecule is CCc1cc(S(=O)(=O)c2ccc(Cl)cc2)c([N+](=O)[O-])cc1C(=O)N=C(N)N.CCc1cc(Sc2ccc(Cl)cc2)c([N+](=O)[O-])cc1C(=O)N=C(N)N. The number of carbonyl (C=O) groups excluding carboxylic acids is 2. The highest BCUT2D eigenvalue weighted by Crippen LogP contribution is 2.38. The van der Waals surface area contributed by atoms with Gasteiger partial charge in [0.15, 0.2) is 11.9 Å². The Morgan fingerprint density at radius 3 is 1.56 bits per heavy atom. The van der Waals surface area contributed by atoms with Crippen LogP contribution in [0.3, 0.4) is 0 Å². The molecule has 0 unspecified atom stereocenters. The van der Waals surface area contributed by atoms with Crippen LogP contribution in [0.1, 0.15) is 45.7 Å². The average molecular weight is 790 g/mol. The monoisotopic (exact) mass is 788 g/mol. The maximum absolute atomic E-state index is 12.9. The number of nitro benzene ring substituents is 2. The van der Waals surface area contributed by atoms with E-state index in [4.69, 9.17) is 46.1 Å². The number of aliphatic imine (C=N–C) groups is 2. The molecule has 8 N–H and O–H groups in total. The molecule has 272 valence electrons. The third-order valence-electron chi connectivity index (χ3n) is 6.90. The highest BCUT2D eigenvalue weighted by molar-refractivity contribution is 7.99. The number of rotatable bonds is 10. The molecule has 0 saturated heterocycles. The van der Waals surface area contributed by atoms with Gasteiger partial charge in [-0.1, -0.05) is 48.8 Å². The van der Waals surface area contributed by atoms with Gasteiger partial charge in [0.2, 0.25) is 9.84 Å². The maximum Gasteiger partial charge on any atom is 0.289 e. The third-order valence-corrected chi connectivity index (χ3v) is 10.3. The fraction of sp³-hybridized carbons (Fsp3) is 0.125. The van der Waals surface area contributed by atoms with Crippen LogP contribution in [-0.4, -0.2) is 42.0 Å². The minimum Gasteiger partial charge on any atom is -0.370 e. The standard InChI is InChI=1S/C16H15ClN4O5S.C16H15ClN4O3S/c1-2-9-7-14(27(25,26)11-5-3-10(17)4-6-11)13(21(23)24)8-12(9)15(22)20-16(18)19;1-2-9-7-14(25-11-5-3-10(17)4-6-11)13(21(23)24)8-12(9)15(22)20-16(18)19/h3-8H,2H2,1H3,(H4,18,19,20,22);3-8H,2H2,1H3,(H4,18,19,20,22). The number of carbonyl (C=O) groups is 2. The molecule has 0 spiro atoms. The first-order chi connectivity index (χ1) is 24.4. The second-order valence-corrected chi connectivity index (χ2v) is 14.3. The second-order valence-electron chi connectivity index (χ2n) is 10.4. The van der Waals surface area contributed by atoms with Gasteiger partial charge in [0.1, 0.15) is 4.90 Å². The Labute approximate surface area is 311 Å². The maximum atomic E-state index is 12.9. The first-order valence-electron chi connectivity index (χ1n) is 14.7. The molecule has 0 heterocycles. The van der Waals surface area contributed by atoms with Crippen LogP contribution in [0.5, 0.6) is 0 Å². The summed E-state index contributed by atoms with van der Waals surface area (Å²) in [5.74, 6) is -2.51. The Bertz CT molecular complexity index is 2210. The van der Waals surface area contributed by atoms with E-state index in [1.165, 1.54) is 42.1 Å². The molecule has 0 saturated carbocycles. The van der Waals surface area contributed by atoms with Crippen molar-refractivity contribution in [2.75, 3.05) is 0 Å². The molecule has 0 aliphatic heterocycles. The molecule has 0 aliphatic rings. The number of hydrogen-bond acceptors (Lipinski definition) is 9. The fourth-order valence-corrected chi connectivity index (χ4v) is 7.18. The summed E-state index contributed by atoms with van der Waals surface area (Å²) in [7, 11) is -4.23. The van der Waals surface area contributed by atoms with Gasteiger partial charge in [-0.15, -0.1) is 0 Å². The van der Waals surface area contributed by atoms with Gasteiger partial charge in [0.25, 0.3) is 23.2 Å². The number of nitrogens with zero attached hydrogens (tertiary/aromatic N) is 4. The van der Waals surface area contributed by atoms with E-state index in [-0.39, 0.29) is 33.7 Å². The van der Waals surface area contributed by atoms with Gasteiger partial charge in [-0.2, -0.15) is 9.98 Å². The molecule has 0 atom stereocenters. The molecule has 0 radical (unpaired) electrons. The van der Waals surface area contributed by atoms with Crippen LogP contribution in [0, 0.1) is 20.2 Å². The Balaban J connectivity index is 0.000000281. The number of nitrogens with two attached hydrogens (primary N) is 4. The van der Waals surface area contributed by atoms with Crippen LogP contribution < -0.4 is 22.9 Å². The summed E-state index contributed by atoms with van der Waals surface area (Å²) in [6, 6.07) is 16.9. The van der Waals surface area contributed by atoms with E-state index in [0.717, 1.165) is 17.0 Å². The largest absolute Gasteiger partial charge is 0.370 e. The molecule has 0 bridgehead atoms. The lowest BCUT2D eigenvalue weighted by Crippen LogP contribution is -2.24. The molecule has 4 rings (SSSR count). The number of aryl methyl sites for hydroxylation is 2. The predicted molar refractivity (Wildman–Crippen MR) is 198 cm³/mol. The first-order valence-corrected chi connectivity index (χ1v) is 17.8. The van der Waals surface area contributed by atoms with Crippen molar-refractivity contribution in [3.8, 4) is 0 Å². The summed E-state index contributed by atoms with van der Waals surface area (Å²) in [4.78, 5) is 53.1. The van der Waals surface area contributed by atoms with Crippen LogP contribution >= 0.6 is 35.0 Å². The second kappa shape index (κ2) is 17.6. The van der Waals surface area contributed by atoms with Gasteiger partial charge in [-0.05, 0) is 84.6 Å². The Hall–Kier alpha value is -5.56. The smallest absolute Gasteiger partial charge is 0.289 e. The number of halogens is 2. The van der Waals surface area contributed by atoms with Gasteiger partial charge >= 0.3 is 0 Å². The number of nitro groups is 2. The molecule has 2 amide bonds. The number of guanidine groups is 2. The zero-order chi connectivity index (χ0) is 38.9. The van der Waals surface area contributed by atoms with Gasteiger partial charge in [-0.3, -0.25) is 29.8 Å². The van der Waals surface area contributed by atoms with Gasteiger partial charge in [0, 0.05) is 27.1 Å². The van der Waals surface area contributed by atoms with E-state index in [1.807, 2.05) is 6.92 Å². The molecule has 0 aromatic heterocycles. The summed E-state index contributed by atoms with van der Waals surface area (Å²) in [6.45, 7) is 3.50. The van der Waals surface area contributed by atoms with Gasteiger partial charge in [-0.25, -0.2) is 8.42 Å². The Kier molecular flexibility index (Phi) is 13.8. The van der Waals surface area contributed by atoms with Crippen LogP contribution in [0.2, 0.25) is 10.0 Å². The van der Waals surface area contributed by atoms with Crippen LogP contribution in [-0.2, 0) is 22.7 Å². The lowest BCUT2D eigenvalue weighted by molar-refractivity contribution is -0.388. The molecular formula is C32H30Cl2N8O8S2. The number of amides is 2. The summed E-state index contributed by atoms with van der Waals surface area (Å²) in [5.41, 5.74) is 20.7. The van der Waals surface area contributed by atoms with Crippen molar-refractivity contribution >= 4 is 79.9 Å². The van der Waals surface area contributed by atoms with E-state index in [2.05, 4.69) is 9.98 Å². The quantitative estimate of drug-likeness (QED) is 0.0675. The zero-order valence-electron chi connectivity index (χ0n) is 27.3. The summed E-state index contributed by atoms with van der Waals surface area (Å²) >= 11 is 12.8. The number of sulfone groups is 1. The van der Waals surface area contributed by atoms with Crippen molar-refractivity contribution < 1.29 is 27.9 Å². The van der Waals surface area contributed by atoms with Crippen molar-refractivity contribution in [1.82, 2.24) is 0 Å². The van der Waals surface area contributed by atoms with E-state index < -0.39 is 54.0 Å². The fourth-order valence-electron chi connectivity index (χ4n) is 4.51. The molecule has 52 heavy (non-hydrogen) atoms. The van der Waals surface area contributed by atoms with E-state index >= 15 is 0 Å². The molecule has 4 aromatic rings. The van der Waals surface area contributed by atoms with Crippen molar-refractivity contribution in [1.29, 1.82) is 0 Å². The van der Waals surface area contributed by atoms with Crippen molar-refractivity contribution in [2.45, 2.75) is 46.3 Å². The zero-order valence-corrected chi connectivity index (χ0v) is 30.4. The van der Waals surface area contributed by atoms with E-state index in [1.54, 1.807) is 37.3 Å². The summed E-state index contributed by atoms with van der Waals surface area (Å²) in [6.07, 6.45) is 0.718. The molecule has 16 nitrogen and oxygen atoms in total. The summed E-state index contributed by atoms with van der Waals surface area (Å²) < 4.78 is 25.8. The molecule has 0 aliphatic carbocycles. The Morgan fingerprint density at radius 1 is 0.712 bits per heavy atom. The van der Waals surface area contributed by atoms with Crippen LogP contribution in [0.15, 0.2) is 102 Å². The lowest BCUT2D eigenvalue weighted by Gasteiger charge is -2.10. The number of benzene rings is 4. The van der Waals surface area contributed by atoms with E-state index in [9.17, 15) is 38.2 Å². The van der Waals surface area contributed by atoms with Crippen LogP contribution in [0.4, 0.5) is 11.4 Å². The lowest BCUT2D eigenvalue weighted by atomic mass is 10.0. The van der Waals surface area contributed by atoms with Crippen LogP contribution in [0.25, 0.3) is 0 Å². The molecule has 0 fully saturated rings. The topological polar surface area (TPSA) is 283 Å². The summed E-state index contributed by atoms with van der Waals surface area (Å²) in [5, 5.41) is 23.8. The average Bonchev–Trinajstić information content (AvgIpc) is 3.08. The van der Waals surface area contributed by atoms with Crippen molar-refractivity contribution in [2.24, 2.45) is 32.9 Å². The van der Waals surface area contributed by atoms with E-state index in [0.29, 0.717) is 26.9 Å². The molecule has 20 heteroatoms.